The molecule has 90 valence electrons. The van der Waals surface area contributed by atoms with Crippen LogP contribution in [0.1, 0.15) is 29.9 Å². The summed E-state index contributed by atoms with van der Waals surface area (Å²) in [6.45, 7) is 6.19. The van der Waals surface area contributed by atoms with Gasteiger partial charge in [0.2, 0.25) is 0 Å². The van der Waals surface area contributed by atoms with Gasteiger partial charge in [0.25, 0.3) is 0 Å². The van der Waals surface area contributed by atoms with Crippen molar-refractivity contribution in [3.63, 3.8) is 0 Å². The highest BCUT2D eigenvalue weighted by molar-refractivity contribution is 9.10. The van der Waals surface area contributed by atoms with Crippen molar-refractivity contribution in [2.24, 2.45) is 0 Å². The molecule has 1 unspecified atom stereocenters. The number of aryl methyl sites for hydroxylation is 1. The summed E-state index contributed by atoms with van der Waals surface area (Å²) in [5, 5.41) is 4.54. The van der Waals surface area contributed by atoms with Crippen LogP contribution in [0, 0.1) is 13.8 Å². The van der Waals surface area contributed by atoms with E-state index in [-0.39, 0.29) is 6.04 Å². The van der Waals surface area contributed by atoms with Crippen molar-refractivity contribution in [3.8, 4) is 0 Å². The number of nitrogen functional groups attached to an aromatic ring is 1. The SMILES string of the molecule is Cc1nn(C(C)c2cccc(N)c2)c(C)c1Br. The maximum atomic E-state index is 5.81. The first-order chi connectivity index (χ1) is 8.00. The molecule has 17 heavy (non-hydrogen) atoms. The highest BCUT2D eigenvalue weighted by Crippen LogP contribution is 2.26. The lowest BCUT2D eigenvalue weighted by Gasteiger charge is -2.15. The molecule has 1 aromatic heterocycles. The van der Waals surface area contributed by atoms with E-state index in [0.717, 1.165) is 21.5 Å². The summed E-state index contributed by atoms with van der Waals surface area (Å²) >= 11 is 3.55. The average molecular weight is 294 g/mol. The Bertz CT molecular complexity index is 546. The van der Waals surface area contributed by atoms with Gasteiger partial charge in [0.05, 0.1) is 21.9 Å². The molecular formula is C13H16BrN3. The molecule has 3 nitrogen and oxygen atoms in total. The molecule has 1 heterocycles. The van der Waals surface area contributed by atoms with E-state index in [1.54, 1.807) is 0 Å². The van der Waals surface area contributed by atoms with Crippen LogP contribution in [-0.4, -0.2) is 9.78 Å². The summed E-state index contributed by atoms with van der Waals surface area (Å²) in [5.74, 6) is 0. The lowest BCUT2D eigenvalue weighted by atomic mass is 10.1. The summed E-state index contributed by atoms with van der Waals surface area (Å²) in [5.41, 5.74) is 9.91. The minimum Gasteiger partial charge on any atom is -0.399 e. The summed E-state index contributed by atoms with van der Waals surface area (Å²) in [7, 11) is 0. The van der Waals surface area contributed by atoms with E-state index in [4.69, 9.17) is 5.73 Å². The van der Waals surface area contributed by atoms with E-state index in [1.807, 2.05) is 29.8 Å². The van der Waals surface area contributed by atoms with Crippen molar-refractivity contribution in [2.75, 3.05) is 5.73 Å². The van der Waals surface area contributed by atoms with Gasteiger partial charge in [-0.25, -0.2) is 0 Å². The summed E-state index contributed by atoms with van der Waals surface area (Å²) in [6.07, 6.45) is 0. The molecular weight excluding hydrogens is 278 g/mol. The van der Waals surface area contributed by atoms with Gasteiger partial charge in [0.1, 0.15) is 0 Å². The van der Waals surface area contributed by atoms with Gasteiger partial charge in [-0.2, -0.15) is 5.10 Å². The molecule has 1 aromatic carbocycles. The van der Waals surface area contributed by atoms with Crippen LogP contribution < -0.4 is 5.73 Å². The molecule has 0 amide bonds. The second kappa shape index (κ2) is 4.53. The van der Waals surface area contributed by atoms with E-state index >= 15 is 0 Å². The molecule has 0 fully saturated rings. The molecule has 4 heteroatoms. The van der Waals surface area contributed by atoms with Crippen LogP contribution in [-0.2, 0) is 0 Å². The van der Waals surface area contributed by atoms with Gasteiger partial charge < -0.3 is 5.73 Å². The van der Waals surface area contributed by atoms with Crippen molar-refractivity contribution in [2.45, 2.75) is 26.8 Å². The number of benzene rings is 1. The Labute approximate surface area is 110 Å². The van der Waals surface area contributed by atoms with Crippen LogP contribution in [0.5, 0.6) is 0 Å². The van der Waals surface area contributed by atoms with Crippen LogP contribution in [0.2, 0.25) is 0 Å². The maximum absolute atomic E-state index is 5.81. The topological polar surface area (TPSA) is 43.8 Å². The summed E-state index contributed by atoms with van der Waals surface area (Å²) in [6, 6.07) is 8.12. The van der Waals surface area contributed by atoms with Gasteiger partial charge in [-0.3, -0.25) is 4.68 Å². The molecule has 0 aliphatic heterocycles. The second-order valence-electron chi connectivity index (χ2n) is 4.28. The Morgan fingerprint density at radius 2 is 2.06 bits per heavy atom. The highest BCUT2D eigenvalue weighted by Gasteiger charge is 2.15. The third-order valence-corrected chi connectivity index (χ3v) is 4.14. The Morgan fingerprint density at radius 1 is 1.35 bits per heavy atom. The van der Waals surface area contributed by atoms with Crippen LogP contribution >= 0.6 is 15.9 Å². The Morgan fingerprint density at radius 3 is 2.59 bits per heavy atom. The Kier molecular flexibility index (Phi) is 3.24. The molecule has 2 rings (SSSR count). The number of nitrogens with two attached hydrogens (primary N) is 1. The number of hydrogen-bond donors (Lipinski definition) is 1. The van der Waals surface area contributed by atoms with Crippen molar-refractivity contribution >= 4 is 21.6 Å². The first kappa shape index (κ1) is 12.2. The fraction of sp³-hybridized carbons (Fsp3) is 0.308. The van der Waals surface area contributed by atoms with Gasteiger partial charge in [-0.1, -0.05) is 12.1 Å². The minimum atomic E-state index is 0.184. The number of rotatable bonds is 2. The Balaban J connectivity index is 2.43. The lowest BCUT2D eigenvalue weighted by Crippen LogP contribution is -2.10. The highest BCUT2D eigenvalue weighted by atomic mass is 79.9. The van der Waals surface area contributed by atoms with Gasteiger partial charge in [-0.15, -0.1) is 0 Å². The molecule has 0 aliphatic rings. The molecule has 1 atom stereocenters. The third kappa shape index (κ3) is 2.22. The van der Waals surface area contributed by atoms with E-state index < -0.39 is 0 Å². The predicted molar refractivity (Wildman–Crippen MR) is 74.1 cm³/mol. The van der Waals surface area contributed by atoms with E-state index in [1.165, 1.54) is 5.56 Å². The predicted octanol–water partition coefficient (Wildman–Crippen LogP) is 3.45. The van der Waals surface area contributed by atoms with Gasteiger partial charge >= 0.3 is 0 Å². The first-order valence-corrected chi connectivity index (χ1v) is 6.36. The number of hydrogen-bond acceptors (Lipinski definition) is 2. The molecule has 0 saturated heterocycles. The molecule has 0 spiro atoms. The molecule has 0 aliphatic carbocycles. The number of nitrogens with zero attached hydrogens (tertiary/aromatic N) is 2. The quantitative estimate of drug-likeness (QED) is 0.862. The van der Waals surface area contributed by atoms with Gasteiger partial charge in [0.15, 0.2) is 0 Å². The molecule has 2 N–H and O–H groups in total. The summed E-state index contributed by atoms with van der Waals surface area (Å²) in [4.78, 5) is 0. The lowest BCUT2D eigenvalue weighted by molar-refractivity contribution is 0.546. The van der Waals surface area contributed by atoms with Crippen LogP contribution in [0.4, 0.5) is 5.69 Å². The fourth-order valence-electron chi connectivity index (χ4n) is 1.98. The number of anilines is 1. The largest absolute Gasteiger partial charge is 0.399 e. The first-order valence-electron chi connectivity index (χ1n) is 5.57. The van der Waals surface area contributed by atoms with Crippen LogP contribution in [0.25, 0.3) is 0 Å². The van der Waals surface area contributed by atoms with E-state index in [0.29, 0.717) is 0 Å². The maximum Gasteiger partial charge on any atom is 0.0744 e. The number of aromatic nitrogens is 2. The standard InChI is InChI=1S/C13H16BrN3/c1-8-13(14)10(3)17(16-8)9(2)11-5-4-6-12(15)7-11/h4-7,9H,15H2,1-3H3. The molecule has 0 saturated carbocycles. The number of halogens is 1. The van der Waals surface area contributed by atoms with E-state index in [2.05, 4.69) is 40.9 Å². The third-order valence-electron chi connectivity index (χ3n) is 3.00. The van der Waals surface area contributed by atoms with Gasteiger partial charge in [-0.05, 0) is 54.4 Å². The van der Waals surface area contributed by atoms with Crippen LogP contribution in [0.15, 0.2) is 28.7 Å². The van der Waals surface area contributed by atoms with Crippen molar-refractivity contribution in [1.29, 1.82) is 0 Å². The normalized spacial score (nSPS) is 12.7. The second-order valence-corrected chi connectivity index (χ2v) is 5.07. The van der Waals surface area contributed by atoms with Crippen molar-refractivity contribution in [3.05, 3.63) is 45.7 Å². The summed E-state index contributed by atoms with van der Waals surface area (Å²) < 4.78 is 3.10. The molecule has 0 bridgehead atoms. The molecule has 0 radical (unpaired) electrons. The average Bonchev–Trinajstić information content (AvgIpc) is 2.56. The minimum absolute atomic E-state index is 0.184. The van der Waals surface area contributed by atoms with Crippen molar-refractivity contribution < 1.29 is 0 Å². The zero-order valence-corrected chi connectivity index (χ0v) is 11.8. The molecule has 2 aromatic rings. The van der Waals surface area contributed by atoms with Crippen molar-refractivity contribution in [1.82, 2.24) is 9.78 Å². The smallest absolute Gasteiger partial charge is 0.0744 e. The van der Waals surface area contributed by atoms with Crippen LogP contribution in [0.3, 0.4) is 0 Å². The zero-order chi connectivity index (χ0) is 12.6. The Hall–Kier alpha value is -1.29. The van der Waals surface area contributed by atoms with E-state index in [9.17, 15) is 0 Å². The fourth-order valence-corrected chi connectivity index (χ4v) is 2.24. The van der Waals surface area contributed by atoms with Gasteiger partial charge in [0, 0.05) is 5.69 Å². The monoisotopic (exact) mass is 293 g/mol. The zero-order valence-electron chi connectivity index (χ0n) is 10.2.